The Morgan fingerprint density at radius 1 is 1.00 bits per heavy atom. The first-order valence-corrected chi connectivity index (χ1v) is 7.88. The molecular formula is C20H24N2O. The van der Waals surface area contributed by atoms with E-state index in [0.29, 0.717) is 0 Å². The maximum absolute atomic E-state index is 5.90. The van der Waals surface area contributed by atoms with Crippen molar-refractivity contribution in [2.45, 2.75) is 13.0 Å². The fraction of sp³-hybridized carbons (Fsp3) is 0.300. The van der Waals surface area contributed by atoms with Crippen molar-refractivity contribution in [2.75, 3.05) is 26.1 Å². The number of hydrogen-bond donors (Lipinski definition) is 0. The number of aromatic nitrogens is 1. The summed E-state index contributed by atoms with van der Waals surface area (Å²) in [5, 5.41) is 1.26. The van der Waals surface area contributed by atoms with Crippen molar-refractivity contribution in [3.63, 3.8) is 0 Å². The molecule has 0 N–H and O–H groups in total. The van der Waals surface area contributed by atoms with Gasteiger partial charge < -0.3 is 14.2 Å². The highest BCUT2D eigenvalue weighted by Crippen LogP contribution is 2.35. The summed E-state index contributed by atoms with van der Waals surface area (Å²) < 4.78 is 8.14. The highest BCUT2D eigenvalue weighted by atomic mass is 16.5. The molecule has 3 aromatic rings. The fourth-order valence-electron chi connectivity index (χ4n) is 3.25. The average molecular weight is 308 g/mol. The molecule has 0 saturated heterocycles. The van der Waals surface area contributed by atoms with Crippen LogP contribution in [0.2, 0.25) is 0 Å². The normalized spacial score (nSPS) is 12.6. The number of fused-ring (bicyclic) bond motifs is 1. The van der Waals surface area contributed by atoms with Gasteiger partial charge in [-0.15, -0.1) is 0 Å². The molecule has 120 valence electrons. The topological polar surface area (TPSA) is 17.4 Å². The van der Waals surface area contributed by atoms with Gasteiger partial charge in [0, 0.05) is 56.1 Å². The van der Waals surface area contributed by atoms with Crippen LogP contribution in [-0.2, 0) is 11.8 Å². The van der Waals surface area contributed by atoms with Gasteiger partial charge in [-0.3, -0.25) is 0 Å². The molecule has 0 aliphatic rings. The molecule has 0 bridgehead atoms. The van der Waals surface area contributed by atoms with Gasteiger partial charge in [-0.1, -0.05) is 30.3 Å². The molecule has 3 nitrogen and oxygen atoms in total. The molecule has 23 heavy (non-hydrogen) atoms. The number of rotatable bonds is 4. The minimum Gasteiger partial charge on any atom is -0.378 e. The fourth-order valence-corrected chi connectivity index (χ4v) is 3.25. The molecular weight excluding hydrogens is 284 g/mol. The third-order valence-electron chi connectivity index (χ3n) is 4.66. The second-order valence-corrected chi connectivity index (χ2v) is 6.18. The van der Waals surface area contributed by atoms with Crippen LogP contribution in [0, 0.1) is 6.92 Å². The second-order valence-electron chi connectivity index (χ2n) is 6.18. The number of methoxy groups -OCH3 is 1. The Balaban J connectivity index is 2.13. The summed E-state index contributed by atoms with van der Waals surface area (Å²) in [5.74, 6) is 0. The molecule has 1 unspecified atom stereocenters. The van der Waals surface area contributed by atoms with Crippen LogP contribution >= 0.6 is 0 Å². The van der Waals surface area contributed by atoms with Gasteiger partial charge in [-0.2, -0.15) is 0 Å². The minimum atomic E-state index is -0.0580. The summed E-state index contributed by atoms with van der Waals surface area (Å²) in [5.41, 5.74) is 6.11. The van der Waals surface area contributed by atoms with Crippen LogP contribution < -0.4 is 4.90 Å². The molecule has 0 aliphatic heterocycles. The summed E-state index contributed by atoms with van der Waals surface area (Å²) in [6, 6.07) is 17.1. The number of benzene rings is 2. The van der Waals surface area contributed by atoms with Gasteiger partial charge in [-0.05, 0) is 30.7 Å². The van der Waals surface area contributed by atoms with Crippen molar-refractivity contribution in [2.24, 2.45) is 7.05 Å². The Morgan fingerprint density at radius 2 is 1.65 bits per heavy atom. The Kier molecular flexibility index (Phi) is 4.14. The zero-order valence-electron chi connectivity index (χ0n) is 14.5. The third kappa shape index (κ3) is 2.62. The van der Waals surface area contributed by atoms with Crippen molar-refractivity contribution in [3.05, 3.63) is 65.4 Å². The van der Waals surface area contributed by atoms with Crippen molar-refractivity contribution < 1.29 is 4.74 Å². The standard InChI is InChI=1S/C20H24N2O/c1-14-19(17-8-6-7-9-18(17)22(14)4)20(23-5)15-10-12-16(13-11-15)21(2)3/h6-13,20H,1-5H3. The summed E-state index contributed by atoms with van der Waals surface area (Å²) in [6.45, 7) is 2.16. The molecule has 3 rings (SSSR count). The van der Waals surface area contributed by atoms with E-state index >= 15 is 0 Å². The smallest absolute Gasteiger partial charge is 0.109 e. The number of anilines is 1. The molecule has 1 heterocycles. The Morgan fingerprint density at radius 3 is 2.26 bits per heavy atom. The lowest BCUT2D eigenvalue weighted by molar-refractivity contribution is 0.137. The summed E-state index contributed by atoms with van der Waals surface area (Å²) >= 11 is 0. The molecule has 1 aromatic heterocycles. The van der Waals surface area contributed by atoms with E-state index in [2.05, 4.69) is 86.1 Å². The number of nitrogens with zero attached hydrogens (tertiary/aromatic N) is 2. The molecule has 0 saturated carbocycles. The maximum atomic E-state index is 5.90. The SMILES string of the molecule is COC(c1ccc(N(C)C)cc1)c1c(C)n(C)c2ccccc12. The summed E-state index contributed by atoms with van der Waals surface area (Å²) in [4.78, 5) is 2.11. The molecule has 1 atom stereocenters. The molecule has 0 fully saturated rings. The first kappa shape index (κ1) is 15.6. The molecule has 0 aliphatic carbocycles. The first-order chi connectivity index (χ1) is 11.0. The summed E-state index contributed by atoms with van der Waals surface area (Å²) in [6.07, 6.45) is -0.0580. The van der Waals surface area contributed by atoms with Gasteiger partial charge in [-0.25, -0.2) is 0 Å². The number of ether oxygens (including phenoxy) is 1. The molecule has 0 amide bonds. The van der Waals surface area contributed by atoms with Crippen LogP contribution in [0.25, 0.3) is 10.9 Å². The summed E-state index contributed by atoms with van der Waals surface area (Å²) in [7, 11) is 8.00. The quantitative estimate of drug-likeness (QED) is 0.715. The minimum absolute atomic E-state index is 0.0580. The van der Waals surface area contributed by atoms with Gasteiger partial charge in [0.25, 0.3) is 0 Å². The van der Waals surface area contributed by atoms with Gasteiger partial charge >= 0.3 is 0 Å². The van der Waals surface area contributed by atoms with Crippen LogP contribution in [0.1, 0.15) is 22.9 Å². The number of hydrogen-bond acceptors (Lipinski definition) is 2. The Bertz CT molecular complexity index is 816. The molecule has 2 aromatic carbocycles. The zero-order chi connectivity index (χ0) is 16.6. The lowest BCUT2D eigenvalue weighted by atomic mass is 9.98. The monoisotopic (exact) mass is 308 g/mol. The van der Waals surface area contributed by atoms with Crippen molar-refractivity contribution in [1.82, 2.24) is 4.57 Å². The van der Waals surface area contributed by atoms with Gasteiger partial charge in [0.2, 0.25) is 0 Å². The largest absolute Gasteiger partial charge is 0.378 e. The van der Waals surface area contributed by atoms with Gasteiger partial charge in [0.1, 0.15) is 6.10 Å². The van der Waals surface area contributed by atoms with E-state index in [0.717, 1.165) is 0 Å². The Hall–Kier alpha value is -2.26. The zero-order valence-corrected chi connectivity index (χ0v) is 14.5. The van der Waals surface area contributed by atoms with Crippen molar-refractivity contribution >= 4 is 16.6 Å². The van der Waals surface area contributed by atoms with E-state index < -0.39 is 0 Å². The second kappa shape index (κ2) is 6.09. The predicted octanol–water partition coefficient (Wildman–Crippen LogP) is 4.29. The van der Waals surface area contributed by atoms with Crippen LogP contribution in [-0.4, -0.2) is 25.8 Å². The Labute approximate surface area is 138 Å². The number of para-hydroxylation sites is 1. The molecule has 0 radical (unpaired) electrons. The molecule has 0 spiro atoms. The van der Waals surface area contributed by atoms with E-state index in [-0.39, 0.29) is 6.10 Å². The van der Waals surface area contributed by atoms with E-state index in [4.69, 9.17) is 4.74 Å². The lowest BCUT2D eigenvalue weighted by Gasteiger charge is -2.19. The highest BCUT2D eigenvalue weighted by molar-refractivity contribution is 5.86. The van der Waals surface area contributed by atoms with Crippen molar-refractivity contribution in [1.29, 1.82) is 0 Å². The third-order valence-corrected chi connectivity index (χ3v) is 4.66. The number of aryl methyl sites for hydroxylation is 1. The molecule has 3 heteroatoms. The maximum Gasteiger partial charge on any atom is 0.109 e. The van der Waals surface area contributed by atoms with Gasteiger partial charge in [0.05, 0.1) is 0 Å². The highest BCUT2D eigenvalue weighted by Gasteiger charge is 2.22. The predicted molar refractivity (Wildman–Crippen MR) is 97.3 cm³/mol. The van der Waals surface area contributed by atoms with E-state index in [1.165, 1.54) is 33.4 Å². The van der Waals surface area contributed by atoms with E-state index in [9.17, 15) is 0 Å². The van der Waals surface area contributed by atoms with Gasteiger partial charge in [0.15, 0.2) is 0 Å². The van der Waals surface area contributed by atoms with E-state index in [1.54, 1.807) is 7.11 Å². The van der Waals surface area contributed by atoms with Crippen molar-refractivity contribution in [3.8, 4) is 0 Å². The lowest BCUT2D eigenvalue weighted by Crippen LogP contribution is -2.09. The van der Waals surface area contributed by atoms with Crippen LogP contribution in [0.4, 0.5) is 5.69 Å². The van der Waals surface area contributed by atoms with E-state index in [1.807, 2.05) is 0 Å². The first-order valence-electron chi connectivity index (χ1n) is 7.88. The van der Waals surface area contributed by atoms with Crippen LogP contribution in [0.3, 0.4) is 0 Å². The van der Waals surface area contributed by atoms with Crippen LogP contribution in [0.5, 0.6) is 0 Å². The van der Waals surface area contributed by atoms with Crippen LogP contribution in [0.15, 0.2) is 48.5 Å². The average Bonchev–Trinajstić information content (AvgIpc) is 2.82.